The molecule has 0 radical (unpaired) electrons. The first-order chi connectivity index (χ1) is 10.5. The zero-order valence-electron chi connectivity index (χ0n) is 14.1. The molecule has 6 heteroatoms. The van der Waals surface area contributed by atoms with Gasteiger partial charge < -0.3 is 20.6 Å². The molecule has 0 aromatic rings. The fourth-order valence-corrected chi connectivity index (χ4v) is 2.16. The van der Waals surface area contributed by atoms with Gasteiger partial charge in [-0.05, 0) is 19.3 Å². The number of unbranched alkanes of at least 4 members (excludes halogenated alkanes) is 4. The number of ether oxygens (including phenoxy) is 1. The first-order valence-corrected chi connectivity index (χ1v) is 8.31. The molecule has 0 aliphatic rings. The molecule has 0 bridgehead atoms. The molecule has 0 fully saturated rings. The highest BCUT2D eigenvalue weighted by Crippen LogP contribution is 2.14. The maximum atomic E-state index is 11.9. The van der Waals surface area contributed by atoms with Crippen molar-refractivity contribution in [1.82, 2.24) is 5.01 Å². The fourth-order valence-electron chi connectivity index (χ4n) is 2.16. The summed E-state index contributed by atoms with van der Waals surface area (Å²) in [5.74, 6) is 5.27. The first kappa shape index (κ1) is 20.7. The molecule has 0 aromatic carbocycles. The molecular formula is C16H33N3O3. The van der Waals surface area contributed by atoms with E-state index in [0.717, 1.165) is 37.1 Å². The molecule has 0 heterocycles. The van der Waals surface area contributed by atoms with Crippen LogP contribution in [0.5, 0.6) is 0 Å². The average Bonchev–Trinajstić information content (AvgIpc) is 2.48. The van der Waals surface area contributed by atoms with E-state index in [1.54, 1.807) is 0 Å². The molecule has 0 saturated carbocycles. The largest absolute Gasteiger partial charge is 0.461 e. The van der Waals surface area contributed by atoms with Gasteiger partial charge in [-0.25, -0.2) is 5.84 Å². The van der Waals surface area contributed by atoms with Gasteiger partial charge in [0.2, 0.25) is 0 Å². The monoisotopic (exact) mass is 315 g/mol. The summed E-state index contributed by atoms with van der Waals surface area (Å²) in [6, 6.07) is 0. The Morgan fingerprint density at radius 1 is 1.18 bits per heavy atom. The molecule has 130 valence electrons. The number of carbonyl (C=O) groups is 1. The van der Waals surface area contributed by atoms with Gasteiger partial charge in [0.05, 0.1) is 12.3 Å². The number of nitrogens with two attached hydrogens (primary N) is 2. The van der Waals surface area contributed by atoms with Gasteiger partial charge in [0.1, 0.15) is 12.6 Å². The lowest BCUT2D eigenvalue weighted by molar-refractivity contribution is -0.150. The molecule has 0 saturated heterocycles. The lowest BCUT2D eigenvalue weighted by atomic mass is 10.0. The zero-order chi connectivity index (χ0) is 16.8. The minimum atomic E-state index is -0.360. The summed E-state index contributed by atoms with van der Waals surface area (Å²) >= 11 is 0. The van der Waals surface area contributed by atoms with Crippen LogP contribution in [0.25, 0.3) is 0 Å². The van der Waals surface area contributed by atoms with Crippen LogP contribution < -0.4 is 11.6 Å². The third-order valence-electron chi connectivity index (χ3n) is 3.38. The van der Waals surface area contributed by atoms with Gasteiger partial charge in [0.15, 0.2) is 0 Å². The third-order valence-corrected chi connectivity index (χ3v) is 3.38. The number of hydrazine groups is 1. The van der Waals surface area contributed by atoms with Crippen LogP contribution >= 0.6 is 0 Å². The number of rotatable bonds is 13. The lowest BCUT2D eigenvalue weighted by Gasteiger charge is -2.20. The van der Waals surface area contributed by atoms with E-state index in [0.29, 0.717) is 0 Å². The molecule has 0 amide bonds. The second-order valence-electron chi connectivity index (χ2n) is 5.64. The third kappa shape index (κ3) is 11.4. The van der Waals surface area contributed by atoms with Crippen molar-refractivity contribution >= 4 is 5.97 Å². The summed E-state index contributed by atoms with van der Waals surface area (Å²) in [5.41, 5.74) is 5.65. The SMILES string of the molecule is CCCCCCC(CCCC)OC(=O)CN(N)/C=C(\N)CO. The van der Waals surface area contributed by atoms with Crippen molar-refractivity contribution in [2.45, 2.75) is 71.3 Å². The molecule has 0 spiro atoms. The maximum absolute atomic E-state index is 11.9. The van der Waals surface area contributed by atoms with Crippen molar-refractivity contribution in [3.05, 3.63) is 11.9 Å². The predicted octanol–water partition coefficient (Wildman–Crippen LogP) is 2.03. The van der Waals surface area contributed by atoms with Crippen LogP contribution in [0.2, 0.25) is 0 Å². The quantitative estimate of drug-likeness (QED) is 0.208. The standard InChI is InChI=1S/C16H33N3O3/c1-3-5-7-8-10-15(9-6-4-2)22-16(21)12-19(18)11-14(17)13-20/h11,15,20H,3-10,12-13,17-18H2,1-2H3/b14-11-. The number of nitrogens with zero attached hydrogens (tertiary/aromatic N) is 1. The fraction of sp³-hybridized carbons (Fsp3) is 0.812. The molecule has 1 unspecified atom stereocenters. The molecule has 0 rings (SSSR count). The van der Waals surface area contributed by atoms with Crippen LogP contribution in [-0.2, 0) is 9.53 Å². The zero-order valence-corrected chi connectivity index (χ0v) is 14.1. The molecule has 0 aromatic heterocycles. The highest BCUT2D eigenvalue weighted by atomic mass is 16.5. The van der Waals surface area contributed by atoms with Crippen molar-refractivity contribution < 1.29 is 14.6 Å². The lowest BCUT2D eigenvalue weighted by Crippen LogP contribution is -2.35. The summed E-state index contributed by atoms with van der Waals surface area (Å²) < 4.78 is 5.53. The molecule has 6 nitrogen and oxygen atoms in total. The van der Waals surface area contributed by atoms with Gasteiger partial charge in [0.25, 0.3) is 0 Å². The van der Waals surface area contributed by atoms with E-state index in [-0.39, 0.29) is 30.9 Å². The molecular weight excluding hydrogens is 282 g/mol. The van der Waals surface area contributed by atoms with Crippen molar-refractivity contribution in [1.29, 1.82) is 0 Å². The summed E-state index contributed by atoms with van der Waals surface area (Å²) in [6.07, 6.45) is 9.92. The maximum Gasteiger partial charge on any atom is 0.327 e. The second kappa shape index (κ2) is 13.4. The van der Waals surface area contributed by atoms with Crippen LogP contribution in [0.1, 0.15) is 65.2 Å². The van der Waals surface area contributed by atoms with Crippen LogP contribution in [0, 0.1) is 0 Å². The Balaban J connectivity index is 4.23. The first-order valence-electron chi connectivity index (χ1n) is 8.31. The van der Waals surface area contributed by atoms with Gasteiger partial charge in [-0.2, -0.15) is 0 Å². The summed E-state index contributed by atoms with van der Waals surface area (Å²) in [6.45, 7) is 3.94. The predicted molar refractivity (Wildman–Crippen MR) is 88.4 cm³/mol. The Bertz CT molecular complexity index is 322. The molecule has 5 N–H and O–H groups in total. The smallest absolute Gasteiger partial charge is 0.327 e. The normalized spacial score (nSPS) is 13.0. The van der Waals surface area contributed by atoms with Gasteiger partial charge in [-0.3, -0.25) is 4.79 Å². The van der Waals surface area contributed by atoms with Crippen molar-refractivity contribution in [3.63, 3.8) is 0 Å². The van der Waals surface area contributed by atoms with Crippen LogP contribution in [-0.4, -0.2) is 35.3 Å². The van der Waals surface area contributed by atoms with Gasteiger partial charge in [-0.15, -0.1) is 0 Å². The van der Waals surface area contributed by atoms with Crippen molar-refractivity contribution in [3.8, 4) is 0 Å². The summed E-state index contributed by atoms with van der Waals surface area (Å²) in [4.78, 5) is 11.9. The van der Waals surface area contributed by atoms with E-state index in [1.807, 2.05) is 0 Å². The number of hydrogen-bond donors (Lipinski definition) is 3. The number of aliphatic hydroxyl groups is 1. The topological polar surface area (TPSA) is 102 Å². The Labute approximate surface area is 134 Å². The summed E-state index contributed by atoms with van der Waals surface area (Å²) in [5, 5.41) is 9.95. The highest BCUT2D eigenvalue weighted by Gasteiger charge is 2.15. The number of aliphatic hydroxyl groups excluding tert-OH is 1. The number of hydrogen-bond acceptors (Lipinski definition) is 6. The van der Waals surface area contributed by atoms with E-state index in [4.69, 9.17) is 21.4 Å². The Kier molecular flexibility index (Phi) is 12.6. The Morgan fingerprint density at radius 3 is 2.41 bits per heavy atom. The van der Waals surface area contributed by atoms with E-state index >= 15 is 0 Å². The van der Waals surface area contributed by atoms with Gasteiger partial charge in [0, 0.05) is 6.20 Å². The second-order valence-corrected chi connectivity index (χ2v) is 5.64. The van der Waals surface area contributed by atoms with Gasteiger partial charge >= 0.3 is 5.97 Å². The number of carbonyl (C=O) groups excluding carboxylic acids is 1. The highest BCUT2D eigenvalue weighted by molar-refractivity contribution is 5.71. The van der Waals surface area contributed by atoms with Gasteiger partial charge in [-0.1, -0.05) is 46.0 Å². The molecule has 0 aliphatic heterocycles. The van der Waals surface area contributed by atoms with Crippen LogP contribution in [0.3, 0.4) is 0 Å². The average molecular weight is 315 g/mol. The molecule has 22 heavy (non-hydrogen) atoms. The minimum absolute atomic E-state index is 0.0307. The molecule has 1 atom stereocenters. The molecule has 0 aliphatic carbocycles. The van der Waals surface area contributed by atoms with E-state index in [9.17, 15) is 4.79 Å². The minimum Gasteiger partial charge on any atom is -0.461 e. The van der Waals surface area contributed by atoms with Crippen LogP contribution in [0.4, 0.5) is 0 Å². The number of esters is 1. The Morgan fingerprint density at radius 2 is 1.82 bits per heavy atom. The van der Waals surface area contributed by atoms with E-state index in [1.165, 1.54) is 25.5 Å². The van der Waals surface area contributed by atoms with Crippen LogP contribution in [0.15, 0.2) is 11.9 Å². The van der Waals surface area contributed by atoms with E-state index < -0.39 is 0 Å². The Hall–Kier alpha value is -1.27. The van der Waals surface area contributed by atoms with E-state index in [2.05, 4.69) is 13.8 Å². The summed E-state index contributed by atoms with van der Waals surface area (Å²) in [7, 11) is 0. The van der Waals surface area contributed by atoms with Crippen molar-refractivity contribution in [2.24, 2.45) is 11.6 Å². The van der Waals surface area contributed by atoms with Crippen molar-refractivity contribution in [2.75, 3.05) is 13.2 Å².